The number of nitrogens with one attached hydrogen (secondary N) is 2. The lowest BCUT2D eigenvalue weighted by Crippen LogP contribution is -2.37. The quantitative estimate of drug-likeness (QED) is 0.728. The first kappa shape index (κ1) is 18.4. The molecular formula is C14H24BrN3O2S. The predicted octanol–water partition coefficient (Wildman–Crippen LogP) is 3.38. The zero-order valence-electron chi connectivity index (χ0n) is 13.0. The highest BCUT2D eigenvalue weighted by molar-refractivity contribution is 9.10. The summed E-state index contributed by atoms with van der Waals surface area (Å²) in [6.07, 6.45) is 3.41. The van der Waals surface area contributed by atoms with Crippen LogP contribution < -0.4 is 10.0 Å². The van der Waals surface area contributed by atoms with Gasteiger partial charge in [-0.3, -0.25) is 0 Å². The zero-order chi connectivity index (χ0) is 16.0. The van der Waals surface area contributed by atoms with Crippen LogP contribution in [0, 0.1) is 5.92 Å². The number of hydrogen-bond donors (Lipinski definition) is 2. The van der Waals surface area contributed by atoms with Crippen molar-refractivity contribution in [3.8, 4) is 0 Å². The van der Waals surface area contributed by atoms with Crippen molar-refractivity contribution in [2.45, 2.75) is 51.5 Å². The van der Waals surface area contributed by atoms with E-state index in [0.717, 1.165) is 12.8 Å². The normalized spacial score (nSPS) is 14.7. The highest BCUT2D eigenvalue weighted by Gasteiger charge is 2.24. The Hall–Kier alpha value is -0.660. The maximum Gasteiger partial charge on any atom is 0.244 e. The Labute approximate surface area is 136 Å². The van der Waals surface area contributed by atoms with Gasteiger partial charge in [-0.1, -0.05) is 27.2 Å². The molecule has 0 fully saturated rings. The lowest BCUT2D eigenvalue weighted by Gasteiger charge is -2.21. The molecule has 1 heterocycles. The van der Waals surface area contributed by atoms with Gasteiger partial charge in [0.2, 0.25) is 10.0 Å². The van der Waals surface area contributed by atoms with E-state index in [0.29, 0.717) is 16.8 Å². The number of hydrogen-bond acceptors (Lipinski definition) is 4. The highest BCUT2D eigenvalue weighted by atomic mass is 79.9. The van der Waals surface area contributed by atoms with E-state index in [1.807, 2.05) is 27.7 Å². The molecule has 0 spiro atoms. The number of anilines is 1. The van der Waals surface area contributed by atoms with Crippen molar-refractivity contribution in [2.75, 3.05) is 11.9 Å². The maximum absolute atomic E-state index is 12.6. The first-order valence-electron chi connectivity index (χ1n) is 7.23. The van der Waals surface area contributed by atoms with Gasteiger partial charge >= 0.3 is 0 Å². The monoisotopic (exact) mass is 377 g/mol. The largest absolute Gasteiger partial charge is 0.369 e. The number of sulfonamides is 1. The van der Waals surface area contributed by atoms with Crippen molar-refractivity contribution in [3.63, 3.8) is 0 Å². The second kappa shape index (κ2) is 8.10. The first-order chi connectivity index (χ1) is 9.81. The van der Waals surface area contributed by atoms with Crippen LogP contribution in [0.3, 0.4) is 0 Å². The van der Waals surface area contributed by atoms with Gasteiger partial charge in [-0.05, 0) is 41.3 Å². The molecular weight excluding hydrogens is 354 g/mol. The molecule has 1 rings (SSSR count). The van der Waals surface area contributed by atoms with E-state index in [2.05, 4.69) is 31.0 Å². The summed E-state index contributed by atoms with van der Waals surface area (Å²) in [6.45, 7) is 8.66. The smallest absolute Gasteiger partial charge is 0.244 e. The van der Waals surface area contributed by atoms with Crippen LogP contribution >= 0.6 is 15.9 Å². The third kappa shape index (κ3) is 5.23. The summed E-state index contributed by atoms with van der Waals surface area (Å²) in [4.78, 5) is 4.36. The third-order valence-electron chi connectivity index (χ3n) is 3.49. The van der Waals surface area contributed by atoms with E-state index in [1.54, 1.807) is 12.3 Å². The van der Waals surface area contributed by atoms with Gasteiger partial charge in [0.1, 0.15) is 10.7 Å². The van der Waals surface area contributed by atoms with Crippen LogP contribution in [0.15, 0.2) is 21.6 Å². The molecule has 5 nitrogen and oxygen atoms in total. The fourth-order valence-electron chi connectivity index (χ4n) is 1.78. The van der Waals surface area contributed by atoms with Crippen LogP contribution in [0.2, 0.25) is 0 Å². The Morgan fingerprint density at radius 2 is 2.00 bits per heavy atom. The van der Waals surface area contributed by atoms with Crippen molar-refractivity contribution in [1.29, 1.82) is 0 Å². The minimum absolute atomic E-state index is 0.127. The molecule has 2 atom stereocenters. The number of nitrogens with zero attached hydrogens (tertiary/aromatic N) is 1. The van der Waals surface area contributed by atoms with E-state index in [1.165, 1.54) is 0 Å². The summed E-state index contributed by atoms with van der Waals surface area (Å²) < 4.78 is 28.6. The van der Waals surface area contributed by atoms with Gasteiger partial charge in [0.25, 0.3) is 0 Å². The van der Waals surface area contributed by atoms with E-state index < -0.39 is 10.0 Å². The summed E-state index contributed by atoms with van der Waals surface area (Å²) in [7, 11) is -3.60. The highest BCUT2D eigenvalue weighted by Crippen LogP contribution is 2.23. The van der Waals surface area contributed by atoms with Gasteiger partial charge < -0.3 is 5.32 Å². The second-order valence-electron chi connectivity index (χ2n) is 5.22. The summed E-state index contributed by atoms with van der Waals surface area (Å²) in [5, 5.41) is 3.06. The van der Waals surface area contributed by atoms with Crippen LogP contribution in [0.4, 0.5) is 5.82 Å². The van der Waals surface area contributed by atoms with Crippen molar-refractivity contribution in [2.24, 2.45) is 5.92 Å². The molecule has 0 saturated heterocycles. The summed E-state index contributed by atoms with van der Waals surface area (Å²) >= 11 is 3.28. The van der Waals surface area contributed by atoms with E-state index >= 15 is 0 Å². The van der Waals surface area contributed by atoms with Gasteiger partial charge in [0.05, 0.1) is 0 Å². The SMILES string of the molecule is CCCNc1ncc(Br)cc1S(=O)(=O)NC(C)C(C)CC. The fraction of sp³-hybridized carbons (Fsp3) is 0.643. The number of halogens is 1. The van der Waals surface area contributed by atoms with Crippen LogP contribution in [-0.2, 0) is 10.0 Å². The van der Waals surface area contributed by atoms with Crippen LogP contribution in [-0.4, -0.2) is 26.0 Å². The van der Waals surface area contributed by atoms with Crippen LogP contribution in [0.25, 0.3) is 0 Å². The Bertz CT molecular complexity index is 563. The summed E-state index contributed by atoms with van der Waals surface area (Å²) in [6, 6.07) is 1.45. The molecule has 120 valence electrons. The third-order valence-corrected chi connectivity index (χ3v) is 5.50. The number of pyridine rings is 1. The Morgan fingerprint density at radius 3 is 2.57 bits per heavy atom. The minimum atomic E-state index is -3.60. The summed E-state index contributed by atoms with van der Waals surface area (Å²) in [5.74, 6) is 0.663. The summed E-state index contributed by atoms with van der Waals surface area (Å²) in [5.41, 5.74) is 0. The number of rotatable bonds is 8. The van der Waals surface area contributed by atoms with Crippen molar-refractivity contribution >= 4 is 31.8 Å². The minimum Gasteiger partial charge on any atom is -0.369 e. The molecule has 2 unspecified atom stereocenters. The average Bonchev–Trinajstić information content (AvgIpc) is 2.44. The lowest BCUT2D eigenvalue weighted by molar-refractivity contribution is 0.434. The van der Waals surface area contributed by atoms with Gasteiger partial charge in [-0.15, -0.1) is 0 Å². The lowest BCUT2D eigenvalue weighted by atomic mass is 10.0. The molecule has 0 aliphatic heterocycles. The van der Waals surface area contributed by atoms with Gasteiger partial charge in [-0.25, -0.2) is 18.1 Å². The molecule has 0 aliphatic rings. The van der Waals surface area contributed by atoms with Crippen molar-refractivity contribution in [3.05, 3.63) is 16.7 Å². The molecule has 0 aromatic carbocycles. The molecule has 0 aliphatic carbocycles. The molecule has 21 heavy (non-hydrogen) atoms. The Morgan fingerprint density at radius 1 is 1.33 bits per heavy atom. The average molecular weight is 378 g/mol. The maximum atomic E-state index is 12.6. The second-order valence-corrected chi connectivity index (χ2v) is 7.82. The van der Waals surface area contributed by atoms with E-state index in [-0.39, 0.29) is 16.9 Å². The standard InChI is InChI=1S/C14H24BrN3O2S/c1-5-7-16-14-13(8-12(15)9-17-14)21(19,20)18-11(4)10(3)6-2/h8-11,18H,5-7H2,1-4H3,(H,16,17). The molecule has 0 bridgehead atoms. The molecule has 2 N–H and O–H groups in total. The zero-order valence-corrected chi connectivity index (χ0v) is 15.4. The van der Waals surface area contributed by atoms with Crippen LogP contribution in [0.5, 0.6) is 0 Å². The van der Waals surface area contributed by atoms with Crippen LogP contribution in [0.1, 0.15) is 40.5 Å². The van der Waals surface area contributed by atoms with Gasteiger partial charge in [-0.2, -0.15) is 0 Å². The van der Waals surface area contributed by atoms with Crippen molar-refractivity contribution < 1.29 is 8.42 Å². The molecule has 0 saturated carbocycles. The molecule has 0 radical (unpaired) electrons. The van der Waals surface area contributed by atoms with E-state index in [9.17, 15) is 8.42 Å². The van der Waals surface area contributed by atoms with Gasteiger partial charge in [0.15, 0.2) is 0 Å². The Balaban J connectivity index is 3.08. The van der Waals surface area contributed by atoms with Crippen molar-refractivity contribution in [1.82, 2.24) is 9.71 Å². The molecule has 1 aromatic rings. The molecule has 7 heteroatoms. The number of aromatic nitrogens is 1. The fourth-order valence-corrected chi connectivity index (χ4v) is 3.77. The molecule has 0 amide bonds. The molecule has 1 aromatic heterocycles. The Kier molecular flexibility index (Phi) is 7.09. The topological polar surface area (TPSA) is 71.1 Å². The first-order valence-corrected chi connectivity index (χ1v) is 9.51. The van der Waals surface area contributed by atoms with E-state index in [4.69, 9.17) is 0 Å². The predicted molar refractivity (Wildman–Crippen MR) is 90.0 cm³/mol. The van der Waals surface area contributed by atoms with Gasteiger partial charge in [0, 0.05) is 23.3 Å².